The Morgan fingerprint density at radius 1 is 1.30 bits per heavy atom. The number of unbranched alkanes of at least 4 members (excludes halogenated alkanes) is 1. The van der Waals surface area contributed by atoms with Gasteiger partial charge in [0.1, 0.15) is 5.75 Å². The Morgan fingerprint density at radius 2 is 2.10 bits per heavy atom. The summed E-state index contributed by atoms with van der Waals surface area (Å²) >= 11 is 3.38. The van der Waals surface area contributed by atoms with E-state index < -0.39 is 0 Å². The van der Waals surface area contributed by atoms with E-state index in [0.29, 0.717) is 26.1 Å². The van der Waals surface area contributed by atoms with Crippen molar-refractivity contribution in [2.24, 2.45) is 5.73 Å². The number of amides is 1. The summed E-state index contributed by atoms with van der Waals surface area (Å²) in [4.78, 5) is 11.5. The molecule has 0 heterocycles. The van der Waals surface area contributed by atoms with E-state index in [0.717, 1.165) is 29.5 Å². The van der Waals surface area contributed by atoms with E-state index in [4.69, 9.17) is 10.5 Å². The summed E-state index contributed by atoms with van der Waals surface area (Å²) in [5.41, 5.74) is 5.38. The molecule has 6 heteroatoms. The van der Waals surface area contributed by atoms with Gasteiger partial charge in [0.05, 0.1) is 6.61 Å². The summed E-state index contributed by atoms with van der Waals surface area (Å²) < 4.78 is 6.54. The van der Waals surface area contributed by atoms with E-state index in [1.807, 2.05) is 24.3 Å². The first-order valence-corrected chi connectivity index (χ1v) is 7.37. The Hall–Kier alpha value is -0.780. The molecule has 0 saturated heterocycles. The molecule has 1 amide bonds. The van der Waals surface area contributed by atoms with Crippen molar-refractivity contribution in [3.63, 3.8) is 0 Å². The topological polar surface area (TPSA) is 64.3 Å². The molecule has 1 aromatic carbocycles. The molecule has 114 valence electrons. The fourth-order valence-corrected chi connectivity index (χ4v) is 1.94. The molecule has 0 aliphatic heterocycles. The lowest BCUT2D eigenvalue weighted by atomic mass is 10.3. The third-order valence-corrected chi connectivity index (χ3v) is 3.06. The summed E-state index contributed by atoms with van der Waals surface area (Å²) in [6.07, 6.45) is 3.11. The normalized spacial score (nSPS) is 9.70. The van der Waals surface area contributed by atoms with Crippen LogP contribution in [-0.2, 0) is 4.79 Å². The number of carbonyl (C=O) groups is 1. The van der Waals surface area contributed by atoms with Gasteiger partial charge in [0.2, 0.25) is 5.91 Å². The Bertz CT molecular complexity index is 391. The molecular formula is C14H22BrClN2O2. The number of halogens is 2. The molecule has 0 saturated carbocycles. The maximum Gasteiger partial charge on any atom is 0.220 e. The largest absolute Gasteiger partial charge is 0.494 e. The zero-order valence-corrected chi connectivity index (χ0v) is 13.8. The predicted molar refractivity (Wildman–Crippen MR) is 87.4 cm³/mol. The van der Waals surface area contributed by atoms with Crippen LogP contribution in [0.3, 0.4) is 0 Å². The lowest BCUT2D eigenvalue weighted by Crippen LogP contribution is -2.25. The molecule has 0 aliphatic rings. The third kappa shape index (κ3) is 9.18. The number of hydrogen-bond donors (Lipinski definition) is 2. The van der Waals surface area contributed by atoms with Crippen molar-refractivity contribution < 1.29 is 9.53 Å². The number of carbonyl (C=O) groups excluding carboxylic acids is 1. The van der Waals surface area contributed by atoms with Crippen molar-refractivity contribution in [1.29, 1.82) is 0 Å². The van der Waals surface area contributed by atoms with Crippen LogP contribution >= 0.6 is 28.3 Å². The first-order chi connectivity index (χ1) is 9.22. The number of ether oxygens (including phenoxy) is 1. The fourth-order valence-electron chi connectivity index (χ4n) is 1.57. The van der Waals surface area contributed by atoms with E-state index in [9.17, 15) is 4.79 Å². The number of hydrogen-bond acceptors (Lipinski definition) is 3. The highest BCUT2D eigenvalue weighted by atomic mass is 79.9. The molecular weight excluding hydrogens is 344 g/mol. The van der Waals surface area contributed by atoms with Crippen molar-refractivity contribution in [1.82, 2.24) is 5.32 Å². The Morgan fingerprint density at radius 3 is 2.80 bits per heavy atom. The van der Waals surface area contributed by atoms with E-state index in [2.05, 4.69) is 21.2 Å². The van der Waals surface area contributed by atoms with Gasteiger partial charge < -0.3 is 15.8 Å². The van der Waals surface area contributed by atoms with Crippen molar-refractivity contribution >= 4 is 34.2 Å². The van der Waals surface area contributed by atoms with Gasteiger partial charge in [-0.3, -0.25) is 4.79 Å². The highest BCUT2D eigenvalue weighted by molar-refractivity contribution is 9.10. The van der Waals surface area contributed by atoms with Gasteiger partial charge in [0.25, 0.3) is 0 Å². The molecule has 0 fully saturated rings. The van der Waals surface area contributed by atoms with E-state index >= 15 is 0 Å². The van der Waals surface area contributed by atoms with Crippen LogP contribution in [0.2, 0.25) is 0 Å². The van der Waals surface area contributed by atoms with Crippen molar-refractivity contribution in [2.75, 3.05) is 19.7 Å². The Balaban J connectivity index is 0.00000361. The highest BCUT2D eigenvalue weighted by Crippen LogP contribution is 2.17. The summed E-state index contributed by atoms with van der Waals surface area (Å²) in [5, 5.41) is 2.87. The van der Waals surface area contributed by atoms with E-state index in [-0.39, 0.29) is 18.3 Å². The monoisotopic (exact) mass is 364 g/mol. The molecule has 0 unspecified atom stereocenters. The molecule has 0 bridgehead atoms. The molecule has 0 aromatic heterocycles. The minimum atomic E-state index is 0. The van der Waals surface area contributed by atoms with Crippen LogP contribution in [0.25, 0.3) is 0 Å². The molecule has 0 aliphatic carbocycles. The minimum absolute atomic E-state index is 0. The maximum atomic E-state index is 11.5. The number of nitrogens with one attached hydrogen (secondary N) is 1. The van der Waals surface area contributed by atoms with Gasteiger partial charge >= 0.3 is 0 Å². The quantitative estimate of drug-likeness (QED) is 0.661. The van der Waals surface area contributed by atoms with Crippen LogP contribution < -0.4 is 15.8 Å². The molecule has 0 atom stereocenters. The van der Waals surface area contributed by atoms with Crippen LogP contribution in [0, 0.1) is 0 Å². The molecule has 3 N–H and O–H groups in total. The lowest BCUT2D eigenvalue weighted by Gasteiger charge is -2.07. The molecule has 0 radical (unpaired) electrons. The van der Waals surface area contributed by atoms with Gasteiger partial charge in [-0.15, -0.1) is 12.4 Å². The first kappa shape index (κ1) is 19.2. The number of nitrogens with two attached hydrogens (primary N) is 1. The SMILES string of the molecule is Cl.NCCCCNC(=O)CCCOc1cccc(Br)c1. The molecule has 1 aromatic rings. The summed E-state index contributed by atoms with van der Waals surface area (Å²) in [5.74, 6) is 0.896. The Labute approximate surface area is 135 Å². The van der Waals surface area contributed by atoms with Crippen molar-refractivity contribution in [3.05, 3.63) is 28.7 Å². The van der Waals surface area contributed by atoms with Crippen LogP contribution in [0.5, 0.6) is 5.75 Å². The van der Waals surface area contributed by atoms with Gasteiger partial charge in [-0.05, 0) is 44.0 Å². The van der Waals surface area contributed by atoms with Gasteiger partial charge in [-0.2, -0.15) is 0 Å². The zero-order chi connectivity index (χ0) is 13.9. The summed E-state index contributed by atoms with van der Waals surface area (Å²) in [6.45, 7) is 1.94. The van der Waals surface area contributed by atoms with Crippen molar-refractivity contribution in [3.8, 4) is 5.75 Å². The number of rotatable bonds is 9. The molecule has 0 spiro atoms. The van der Waals surface area contributed by atoms with Gasteiger partial charge in [-0.1, -0.05) is 22.0 Å². The third-order valence-electron chi connectivity index (χ3n) is 2.57. The highest BCUT2D eigenvalue weighted by Gasteiger charge is 2.01. The van der Waals surface area contributed by atoms with Gasteiger partial charge in [0, 0.05) is 17.4 Å². The molecule has 20 heavy (non-hydrogen) atoms. The smallest absolute Gasteiger partial charge is 0.220 e. The second-order valence-electron chi connectivity index (χ2n) is 4.26. The number of benzene rings is 1. The summed E-state index contributed by atoms with van der Waals surface area (Å²) in [6, 6.07) is 7.68. The van der Waals surface area contributed by atoms with Gasteiger partial charge in [0.15, 0.2) is 0 Å². The molecule has 4 nitrogen and oxygen atoms in total. The van der Waals surface area contributed by atoms with E-state index in [1.54, 1.807) is 0 Å². The predicted octanol–water partition coefficient (Wildman–Crippen LogP) is 2.89. The van der Waals surface area contributed by atoms with Crippen LogP contribution in [-0.4, -0.2) is 25.6 Å². The van der Waals surface area contributed by atoms with Gasteiger partial charge in [-0.25, -0.2) is 0 Å². The summed E-state index contributed by atoms with van der Waals surface area (Å²) in [7, 11) is 0. The zero-order valence-electron chi connectivity index (χ0n) is 11.4. The average molecular weight is 366 g/mol. The second kappa shape index (κ2) is 12.0. The average Bonchev–Trinajstić information content (AvgIpc) is 2.40. The molecule has 1 rings (SSSR count). The van der Waals surface area contributed by atoms with Crippen molar-refractivity contribution in [2.45, 2.75) is 25.7 Å². The Kier molecular flexibility index (Phi) is 11.5. The van der Waals surface area contributed by atoms with Crippen LogP contribution in [0.4, 0.5) is 0 Å². The standard InChI is InChI=1S/C14H21BrN2O2.ClH/c15-12-5-3-6-13(11-12)19-10-4-7-14(18)17-9-2-1-8-16;/h3,5-6,11H,1-2,4,7-10,16H2,(H,17,18);1H. The van der Waals surface area contributed by atoms with E-state index in [1.165, 1.54) is 0 Å². The first-order valence-electron chi connectivity index (χ1n) is 6.57. The maximum absolute atomic E-state index is 11.5. The minimum Gasteiger partial charge on any atom is -0.494 e. The fraction of sp³-hybridized carbons (Fsp3) is 0.500. The second-order valence-corrected chi connectivity index (χ2v) is 5.17. The van der Waals surface area contributed by atoms with Crippen LogP contribution in [0.1, 0.15) is 25.7 Å². The van der Waals surface area contributed by atoms with Crippen LogP contribution in [0.15, 0.2) is 28.7 Å². The lowest BCUT2D eigenvalue weighted by molar-refractivity contribution is -0.121.